The molecule has 3 atom stereocenters. The van der Waals surface area contributed by atoms with E-state index in [0.717, 1.165) is 33.4 Å². The smallest absolute Gasteiger partial charge is 0.123 e. The highest BCUT2D eigenvalue weighted by Gasteiger charge is 2.29. The van der Waals surface area contributed by atoms with Gasteiger partial charge in [0, 0.05) is 105 Å². The molecule has 0 saturated carbocycles. The lowest BCUT2D eigenvalue weighted by molar-refractivity contribution is 0.157. The summed E-state index contributed by atoms with van der Waals surface area (Å²) < 4.78 is 0. The van der Waals surface area contributed by atoms with E-state index in [9.17, 15) is 30.6 Å². The van der Waals surface area contributed by atoms with Gasteiger partial charge in [-0.3, -0.25) is 0 Å². The van der Waals surface area contributed by atoms with Crippen molar-refractivity contribution in [2.45, 2.75) is 179 Å². The first kappa shape index (κ1) is 59.3. The fraction of sp³-hybridized carbons (Fsp3) is 0.524. The van der Waals surface area contributed by atoms with Crippen molar-refractivity contribution < 1.29 is 30.6 Å². The predicted molar refractivity (Wildman–Crippen MR) is 296 cm³/mol. The van der Waals surface area contributed by atoms with Crippen LogP contribution in [-0.4, -0.2) is 68.6 Å². The zero-order valence-electron chi connectivity index (χ0n) is 46.9. The summed E-state index contributed by atoms with van der Waals surface area (Å²) in [6, 6.07) is 16.7. The summed E-state index contributed by atoms with van der Waals surface area (Å²) in [6.07, 6.45) is 0. The van der Waals surface area contributed by atoms with Gasteiger partial charge in [-0.2, -0.15) is 0 Å². The normalized spacial score (nSPS) is 13.8. The minimum atomic E-state index is -0.385. The highest BCUT2D eigenvalue weighted by molar-refractivity contribution is 5.59. The van der Waals surface area contributed by atoms with Gasteiger partial charge < -0.3 is 46.6 Å². The van der Waals surface area contributed by atoms with Gasteiger partial charge >= 0.3 is 0 Å². The van der Waals surface area contributed by atoms with E-state index in [4.69, 9.17) is 0 Å². The van der Waals surface area contributed by atoms with Crippen LogP contribution in [0.25, 0.3) is 0 Å². The Morgan fingerprint density at radius 2 is 0.528 bits per heavy atom. The van der Waals surface area contributed by atoms with Gasteiger partial charge in [0.25, 0.3) is 0 Å². The van der Waals surface area contributed by atoms with Crippen LogP contribution in [0.3, 0.4) is 0 Å². The molecule has 0 aliphatic rings. The molecule has 0 heterocycles. The number of rotatable bonds is 12. The second-order valence-electron chi connectivity index (χ2n) is 25.8. The third kappa shape index (κ3) is 16.4. The second-order valence-corrected chi connectivity index (χ2v) is 25.8. The highest BCUT2D eigenvalue weighted by Crippen LogP contribution is 2.38. The number of benzene rings is 4. The van der Waals surface area contributed by atoms with Gasteiger partial charge in [-0.15, -0.1) is 0 Å². The van der Waals surface area contributed by atoms with Crippen molar-refractivity contribution in [2.75, 3.05) is 19.8 Å². The number of hydrogen-bond donors (Lipinski definition) is 9. The van der Waals surface area contributed by atoms with E-state index in [1.54, 1.807) is 0 Å². The van der Waals surface area contributed by atoms with Crippen molar-refractivity contribution in [3.05, 3.63) is 121 Å². The highest BCUT2D eigenvalue weighted by atomic mass is 16.3. The molecule has 0 radical (unpaired) electrons. The summed E-state index contributed by atoms with van der Waals surface area (Å²) in [5.41, 5.74) is 6.78. The second kappa shape index (κ2) is 23.3. The minimum Gasteiger partial charge on any atom is -0.507 e. The third-order valence-electron chi connectivity index (χ3n) is 13.3. The van der Waals surface area contributed by atoms with E-state index < -0.39 is 0 Å². The first-order valence-corrected chi connectivity index (χ1v) is 25.4. The zero-order valence-corrected chi connectivity index (χ0v) is 46.9. The maximum Gasteiger partial charge on any atom is 0.123 e. The molecule has 0 amide bonds. The first-order chi connectivity index (χ1) is 33.1. The summed E-state index contributed by atoms with van der Waals surface area (Å²) >= 11 is 0. The van der Waals surface area contributed by atoms with Crippen LogP contribution < -0.4 is 16.0 Å². The Balaban J connectivity index is 1.95. The van der Waals surface area contributed by atoms with Crippen molar-refractivity contribution in [2.24, 2.45) is 16.2 Å². The van der Waals surface area contributed by atoms with Gasteiger partial charge in [0.15, 0.2) is 0 Å². The molecule has 4 aromatic rings. The van der Waals surface area contributed by atoms with Gasteiger partial charge in [-0.05, 0) is 87.1 Å². The van der Waals surface area contributed by atoms with E-state index in [1.165, 1.54) is 0 Å². The lowest BCUT2D eigenvalue weighted by atomic mass is 9.83. The molecule has 9 nitrogen and oxygen atoms in total. The average Bonchev–Trinajstić information content (AvgIpc) is 3.24. The number of aliphatic hydroxyl groups excluding tert-OH is 3. The third-order valence-corrected chi connectivity index (χ3v) is 13.3. The molecule has 0 fully saturated rings. The van der Waals surface area contributed by atoms with E-state index >= 15 is 0 Å². The molecule has 0 unspecified atom stereocenters. The fourth-order valence-electron chi connectivity index (χ4n) is 8.33. The van der Waals surface area contributed by atoms with Gasteiger partial charge in [-0.1, -0.05) is 160 Å². The quantitative estimate of drug-likeness (QED) is 0.0631. The van der Waals surface area contributed by atoms with Crippen molar-refractivity contribution in [1.29, 1.82) is 0 Å². The Morgan fingerprint density at radius 3 is 0.694 bits per heavy atom. The van der Waals surface area contributed by atoms with Gasteiger partial charge in [0.05, 0.1) is 19.8 Å². The predicted octanol–water partition coefficient (Wildman–Crippen LogP) is 10.4. The molecule has 4 aromatic carbocycles. The number of phenolic OH excluding ortho intramolecular Hbond substituents is 3. The van der Waals surface area contributed by atoms with Crippen molar-refractivity contribution in [3.8, 4) is 52.8 Å². The van der Waals surface area contributed by atoms with Crippen LogP contribution in [0.4, 0.5) is 0 Å². The number of phenols is 3. The maximum absolute atomic E-state index is 11.5. The number of nitrogens with one attached hydrogen (secondary N) is 3. The number of aromatic hydroxyl groups is 3. The van der Waals surface area contributed by atoms with E-state index in [2.05, 4.69) is 176 Å². The Bertz CT molecular complexity index is 2420. The molecule has 0 bridgehead atoms. The van der Waals surface area contributed by atoms with Crippen LogP contribution in [0.5, 0.6) is 17.2 Å². The monoisotopic (exact) mass is 982 g/mol. The van der Waals surface area contributed by atoms with Crippen molar-refractivity contribution in [1.82, 2.24) is 16.0 Å². The number of hydrogen-bond acceptors (Lipinski definition) is 9. The molecule has 9 heteroatoms. The average molecular weight is 982 g/mol. The molecule has 0 saturated heterocycles. The molecule has 0 spiro atoms. The maximum atomic E-state index is 11.5. The molecule has 0 aromatic heterocycles. The summed E-state index contributed by atoms with van der Waals surface area (Å²) in [5, 5.41) is 75.5. The van der Waals surface area contributed by atoms with E-state index in [-0.39, 0.29) is 87.7 Å². The standard InChI is InChI=1S/C63H87N3O6/c1-58(2,3)49-31-43(28-46(55(49)70)34-64-52(37-67)61(10,11)12)22-19-40-25-41(20-23-44-29-47(35-65-53(38-68)62(13,14)15)56(71)50(32-44)59(4,5)6)27-42(26-40)21-24-45-30-48(36-66-54(39-69)63(16,17)18)57(72)51(33-45)60(7,8)9/h25-33,52-54,64-72H,34-39H2,1-18H3/t52-,53-,54-/m1/s1. The SMILES string of the molecule is CC(C)(C)c1cc(C#Cc2cc(C#Cc3cc(CN[C@H](CO)C(C)(C)C)c(O)c(C(C)(C)C)c3)cc(C#Cc3cc(CN[C@H](CO)C(C)(C)C)c(O)c(C(C)(C)C)c3)c2)cc(CN[C@H](CO)C(C)(C)C)c1O. The van der Waals surface area contributed by atoms with E-state index in [0.29, 0.717) is 53.0 Å². The molecular weight excluding hydrogens is 895 g/mol. The molecule has 9 N–H and O–H groups in total. The molecule has 0 aliphatic heterocycles. The summed E-state index contributed by atoms with van der Waals surface area (Å²) in [6.45, 7) is 38.0. The van der Waals surface area contributed by atoms with Gasteiger partial charge in [0.2, 0.25) is 0 Å². The molecule has 72 heavy (non-hydrogen) atoms. The number of aliphatic hydroxyl groups is 3. The fourth-order valence-corrected chi connectivity index (χ4v) is 8.33. The van der Waals surface area contributed by atoms with Crippen molar-refractivity contribution in [3.63, 3.8) is 0 Å². The minimum absolute atomic E-state index is 0.0446. The molecule has 4 rings (SSSR count). The molecular formula is C63H87N3O6. The van der Waals surface area contributed by atoms with Crippen LogP contribution in [0.15, 0.2) is 54.6 Å². The summed E-state index contributed by atoms with van der Waals surface area (Å²) in [7, 11) is 0. The lowest BCUT2D eigenvalue weighted by Gasteiger charge is -2.30. The topological polar surface area (TPSA) is 157 Å². The van der Waals surface area contributed by atoms with Gasteiger partial charge in [0.1, 0.15) is 17.2 Å². The Hall–Kier alpha value is -5.28. The summed E-state index contributed by atoms with van der Waals surface area (Å²) in [4.78, 5) is 0. The van der Waals surface area contributed by atoms with Gasteiger partial charge in [-0.25, -0.2) is 0 Å². The van der Waals surface area contributed by atoms with E-state index in [1.807, 2.05) is 54.6 Å². The lowest BCUT2D eigenvalue weighted by Crippen LogP contribution is -2.42. The van der Waals surface area contributed by atoms with Crippen LogP contribution in [0, 0.1) is 51.8 Å². The first-order valence-electron chi connectivity index (χ1n) is 25.4. The Kier molecular flexibility index (Phi) is 19.2. The Morgan fingerprint density at radius 1 is 0.333 bits per heavy atom. The Labute approximate surface area is 433 Å². The largest absolute Gasteiger partial charge is 0.507 e. The van der Waals surface area contributed by atoms with Crippen LogP contribution in [0.1, 0.15) is 191 Å². The molecule has 390 valence electrons. The van der Waals surface area contributed by atoms with Crippen molar-refractivity contribution >= 4 is 0 Å². The van der Waals surface area contributed by atoms with Crippen LogP contribution in [0.2, 0.25) is 0 Å². The van der Waals surface area contributed by atoms with Crippen LogP contribution >= 0.6 is 0 Å². The van der Waals surface area contributed by atoms with Crippen LogP contribution in [-0.2, 0) is 35.9 Å². The zero-order chi connectivity index (χ0) is 54.4. The summed E-state index contributed by atoms with van der Waals surface area (Å²) in [5.74, 6) is 21.0. The molecule has 0 aliphatic carbocycles.